The Bertz CT molecular complexity index is 642. The quantitative estimate of drug-likeness (QED) is 0.557. The van der Waals surface area contributed by atoms with Crippen molar-refractivity contribution < 1.29 is 9.53 Å². The maximum atomic E-state index is 12.0. The minimum atomic E-state index is -0.406. The summed E-state index contributed by atoms with van der Waals surface area (Å²) in [6, 6.07) is 14.9. The topological polar surface area (TPSA) is 26.3 Å². The zero-order valence-corrected chi connectivity index (χ0v) is 12.2. The second-order valence-corrected chi connectivity index (χ2v) is 5.73. The minimum Gasteiger partial charge on any atom is -0.452 e. The van der Waals surface area contributed by atoms with Gasteiger partial charge in [0.2, 0.25) is 0 Å². The lowest BCUT2D eigenvalue weighted by Crippen LogP contribution is -2.23. The molecule has 0 unspecified atom stereocenters. The van der Waals surface area contributed by atoms with Crippen LogP contribution in [0.5, 0.6) is 0 Å². The van der Waals surface area contributed by atoms with Crippen LogP contribution in [0.2, 0.25) is 5.02 Å². The molecular weight excluding hydrogens is 328 g/mol. The lowest BCUT2D eigenvalue weighted by molar-refractivity contribution is 0.0249. The summed E-state index contributed by atoms with van der Waals surface area (Å²) in [6.07, 6.45) is -0.406. The van der Waals surface area contributed by atoms with Crippen molar-refractivity contribution in [2.45, 2.75) is 10.9 Å². The summed E-state index contributed by atoms with van der Waals surface area (Å²) in [6.45, 7) is 0. The first-order valence-corrected chi connectivity index (χ1v) is 7.16. The first-order chi connectivity index (χ1) is 9.18. The molecule has 3 rings (SSSR count). The molecule has 0 aromatic heterocycles. The van der Waals surface area contributed by atoms with Crippen molar-refractivity contribution in [3.8, 4) is 0 Å². The lowest BCUT2D eigenvalue weighted by atomic mass is 9.94. The molecule has 1 heterocycles. The molecule has 2 aromatic rings. The number of fused-ring (bicyclic) bond motifs is 1. The number of esters is 1. The van der Waals surface area contributed by atoms with Crippen molar-refractivity contribution in [1.29, 1.82) is 0 Å². The summed E-state index contributed by atoms with van der Waals surface area (Å²) in [5.41, 5.74) is 2.35. The molecule has 0 radical (unpaired) electrons. The zero-order chi connectivity index (χ0) is 13.4. The van der Waals surface area contributed by atoms with Crippen molar-refractivity contribution in [2.75, 3.05) is 0 Å². The first-order valence-electron chi connectivity index (χ1n) is 5.87. The fourth-order valence-electron chi connectivity index (χ4n) is 2.25. The highest BCUT2D eigenvalue weighted by molar-refractivity contribution is 9.09. The molecule has 1 aliphatic rings. The van der Waals surface area contributed by atoms with Crippen LogP contribution in [0.3, 0.4) is 0 Å². The van der Waals surface area contributed by atoms with E-state index in [0.717, 1.165) is 11.1 Å². The average Bonchev–Trinajstić information content (AvgIpc) is 2.44. The number of halogens is 2. The average molecular weight is 338 g/mol. The standard InChI is InChI=1S/C15H10BrClO2/c16-13-9-5-1-2-6-10(9)15(18)19-14(13)11-7-3-4-8-12(11)17/h1-8,13-14H/t13-,14+/m1/s1. The highest BCUT2D eigenvalue weighted by Crippen LogP contribution is 2.45. The maximum absolute atomic E-state index is 12.0. The molecule has 0 fully saturated rings. The fourth-order valence-corrected chi connectivity index (χ4v) is 3.29. The Hall–Kier alpha value is -1.32. The molecule has 1 aliphatic heterocycles. The van der Waals surface area contributed by atoms with Crippen LogP contribution < -0.4 is 0 Å². The van der Waals surface area contributed by atoms with Crippen LogP contribution in [-0.2, 0) is 4.74 Å². The van der Waals surface area contributed by atoms with Crippen molar-refractivity contribution >= 4 is 33.5 Å². The minimum absolute atomic E-state index is 0.0960. The Labute approximate surface area is 124 Å². The molecule has 96 valence electrons. The van der Waals surface area contributed by atoms with Crippen LogP contribution >= 0.6 is 27.5 Å². The second kappa shape index (κ2) is 4.99. The molecular formula is C15H10BrClO2. The van der Waals surface area contributed by atoms with Gasteiger partial charge in [-0.3, -0.25) is 0 Å². The Balaban J connectivity index is 2.08. The van der Waals surface area contributed by atoms with E-state index >= 15 is 0 Å². The lowest BCUT2D eigenvalue weighted by Gasteiger charge is -2.30. The summed E-state index contributed by atoms with van der Waals surface area (Å²) >= 11 is 9.80. The van der Waals surface area contributed by atoms with E-state index in [1.54, 1.807) is 12.1 Å². The molecule has 0 saturated heterocycles. The van der Waals surface area contributed by atoms with Gasteiger partial charge >= 0.3 is 5.97 Å². The van der Waals surface area contributed by atoms with E-state index in [1.807, 2.05) is 36.4 Å². The third kappa shape index (κ3) is 2.17. The van der Waals surface area contributed by atoms with Crippen LogP contribution in [0.15, 0.2) is 48.5 Å². The summed E-state index contributed by atoms with van der Waals surface area (Å²) in [7, 11) is 0. The summed E-state index contributed by atoms with van der Waals surface area (Å²) in [4.78, 5) is 11.9. The van der Waals surface area contributed by atoms with Gasteiger partial charge in [-0.25, -0.2) is 4.79 Å². The molecule has 0 aliphatic carbocycles. The van der Waals surface area contributed by atoms with Crippen LogP contribution in [0, 0.1) is 0 Å². The van der Waals surface area contributed by atoms with Crippen molar-refractivity contribution in [1.82, 2.24) is 0 Å². The monoisotopic (exact) mass is 336 g/mol. The molecule has 0 spiro atoms. The van der Waals surface area contributed by atoms with Gasteiger partial charge in [-0.1, -0.05) is 63.9 Å². The van der Waals surface area contributed by atoms with E-state index in [0.29, 0.717) is 10.6 Å². The Morgan fingerprint density at radius 3 is 2.37 bits per heavy atom. The number of carbonyl (C=O) groups is 1. The molecule has 2 nitrogen and oxygen atoms in total. The molecule has 4 heteroatoms. The predicted molar refractivity (Wildman–Crippen MR) is 77.7 cm³/mol. The third-order valence-electron chi connectivity index (χ3n) is 3.19. The summed E-state index contributed by atoms with van der Waals surface area (Å²) in [5.74, 6) is -0.309. The smallest absolute Gasteiger partial charge is 0.339 e. The predicted octanol–water partition coefficient (Wildman–Crippen LogP) is 4.69. The van der Waals surface area contributed by atoms with Gasteiger partial charge in [-0.2, -0.15) is 0 Å². The number of hydrogen-bond acceptors (Lipinski definition) is 2. The first kappa shape index (κ1) is 12.7. The molecule has 0 N–H and O–H groups in total. The second-order valence-electron chi connectivity index (χ2n) is 4.34. The van der Waals surface area contributed by atoms with E-state index in [1.165, 1.54) is 0 Å². The number of alkyl halides is 1. The summed E-state index contributed by atoms with van der Waals surface area (Å²) < 4.78 is 5.52. The van der Waals surface area contributed by atoms with Gasteiger partial charge < -0.3 is 4.74 Å². The Morgan fingerprint density at radius 1 is 1.00 bits per heavy atom. The number of rotatable bonds is 1. The summed E-state index contributed by atoms with van der Waals surface area (Å²) in [5, 5.41) is 0.601. The van der Waals surface area contributed by atoms with Gasteiger partial charge in [0.15, 0.2) is 0 Å². The van der Waals surface area contributed by atoms with Crippen LogP contribution in [0.4, 0.5) is 0 Å². The SMILES string of the molecule is O=C1O[C@@H](c2ccccc2Cl)[C@H](Br)c2ccccc21. The largest absolute Gasteiger partial charge is 0.452 e. The number of carbonyl (C=O) groups excluding carboxylic acids is 1. The normalized spacial score (nSPS) is 21.7. The Morgan fingerprint density at radius 2 is 1.63 bits per heavy atom. The maximum Gasteiger partial charge on any atom is 0.339 e. The van der Waals surface area contributed by atoms with Crippen molar-refractivity contribution in [3.05, 3.63) is 70.2 Å². The van der Waals surface area contributed by atoms with E-state index < -0.39 is 6.10 Å². The van der Waals surface area contributed by atoms with E-state index in [-0.39, 0.29) is 10.8 Å². The highest BCUT2D eigenvalue weighted by atomic mass is 79.9. The highest BCUT2D eigenvalue weighted by Gasteiger charge is 2.35. The van der Waals surface area contributed by atoms with E-state index in [2.05, 4.69) is 15.9 Å². The molecule has 2 atom stereocenters. The number of cyclic esters (lactones) is 1. The van der Waals surface area contributed by atoms with E-state index in [9.17, 15) is 4.79 Å². The molecule has 0 bridgehead atoms. The van der Waals surface area contributed by atoms with Gasteiger partial charge in [0, 0.05) is 10.6 Å². The number of benzene rings is 2. The van der Waals surface area contributed by atoms with E-state index in [4.69, 9.17) is 16.3 Å². The van der Waals surface area contributed by atoms with Crippen molar-refractivity contribution in [3.63, 3.8) is 0 Å². The van der Waals surface area contributed by atoms with Gasteiger partial charge in [-0.15, -0.1) is 0 Å². The molecule has 0 saturated carbocycles. The van der Waals surface area contributed by atoms with Gasteiger partial charge in [-0.05, 0) is 17.7 Å². The fraction of sp³-hybridized carbons (Fsp3) is 0.133. The van der Waals surface area contributed by atoms with Gasteiger partial charge in [0.1, 0.15) is 6.10 Å². The van der Waals surface area contributed by atoms with Gasteiger partial charge in [0.25, 0.3) is 0 Å². The van der Waals surface area contributed by atoms with Crippen molar-refractivity contribution in [2.24, 2.45) is 0 Å². The zero-order valence-electron chi connectivity index (χ0n) is 9.85. The van der Waals surface area contributed by atoms with Crippen LogP contribution in [-0.4, -0.2) is 5.97 Å². The molecule has 19 heavy (non-hydrogen) atoms. The van der Waals surface area contributed by atoms with Gasteiger partial charge in [0.05, 0.1) is 10.4 Å². The Kier molecular flexibility index (Phi) is 3.33. The third-order valence-corrected chi connectivity index (χ3v) is 4.51. The molecule has 0 amide bonds. The van der Waals surface area contributed by atoms with Crippen LogP contribution in [0.25, 0.3) is 0 Å². The number of hydrogen-bond donors (Lipinski definition) is 0. The van der Waals surface area contributed by atoms with Crippen LogP contribution in [0.1, 0.15) is 32.4 Å². The number of ether oxygens (including phenoxy) is 1. The molecule has 2 aromatic carbocycles.